The molecule has 0 spiro atoms. The topological polar surface area (TPSA) is 114 Å². The molecule has 27 heavy (non-hydrogen) atoms. The van der Waals surface area contributed by atoms with Gasteiger partial charge in [-0.15, -0.1) is 0 Å². The van der Waals surface area contributed by atoms with Gasteiger partial charge in [0.2, 0.25) is 11.7 Å². The van der Waals surface area contributed by atoms with Crippen molar-refractivity contribution in [2.75, 3.05) is 0 Å². The molecule has 5 unspecified atom stereocenters. The second-order valence-corrected chi connectivity index (χ2v) is 9.33. The highest BCUT2D eigenvalue weighted by Gasteiger charge is 2.80. The van der Waals surface area contributed by atoms with Crippen molar-refractivity contribution in [3.05, 3.63) is 0 Å². The first-order valence-electron chi connectivity index (χ1n) is 9.87. The van der Waals surface area contributed by atoms with Gasteiger partial charge in [-0.1, -0.05) is 40.5 Å². The first-order valence-corrected chi connectivity index (χ1v) is 9.87. The SMILES string of the molecule is CCCCC1OC23CCC(C(C)(C)C)CC2C(C#N)(C(=N)O3)C1(C#N)C#N. The van der Waals surface area contributed by atoms with Crippen molar-refractivity contribution in [1.29, 1.82) is 21.2 Å². The first kappa shape index (κ1) is 19.7. The van der Waals surface area contributed by atoms with Gasteiger partial charge in [0.05, 0.1) is 30.2 Å². The van der Waals surface area contributed by atoms with Gasteiger partial charge in [-0.2, -0.15) is 15.8 Å². The van der Waals surface area contributed by atoms with Gasteiger partial charge in [0, 0.05) is 6.42 Å². The van der Waals surface area contributed by atoms with Crippen LogP contribution >= 0.6 is 0 Å². The molecule has 6 heteroatoms. The van der Waals surface area contributed by atoms with E-state index in [1.807, 2.05) is 6.92 Å². The van der Waals surface area contributed by atoms with Crippen LogP contribution in [0, 0.1) is 67.5 Å². The van der Waals surface area contributed by atoms with E-state index < -0.39 is 28.6 Å². The van der Waals surface area contributed by atoms with Gasteiger partial charge in [0.1, 0.15) is 0 Å². The van der Waals surface area contributed by atoms with E-state index in [-0.39, 0.29) is 11.3 Å². The van der Waals surface area contributed by atoms with Crippen molar-refractivity contribution >= 4 is 5.90 Å². The van der Waals surface area contributed by atoms with Crippen molar-refractivity contribution in [2.24, 2.45) is 28.1 Å². The molecule has 144 valence electrons. The second kappa shape index (κ2) is 6.22. The fourth-order valence-electron chi connectivity index (χ4n) is 5.39. The zero-order chi connectivity index (χ0) is 20.1. The summed E-state index contributed by atoms with van der Waals surface area (Å²) in [4.78, 5) is 0. The smallest absolute Gasteiger partial charge is 0.217 e. The number of ether oxygens (including phenoxy) is 2. The second-order valence-electron chi connectivity index (χ2n) is 9.33. The summed E-state index contributed by atoms with van der Waals surface area (Å²) in [6.45, 7) is 8.53. The Hall–Kier alpha value is -2.10. The molecule has 0 amide bonds. The van der Waals surface area contributed by atoms with E-state index in [0.29, 0.717) is 25.2 Å². The van der Waals surface area contributed by atoms with Gasteiger partial charge in [-0.25, -0.2) is 0 Å². The van der Waals surface area contributed by atoms with Crippen LogP contribution in [-0.2, 0) is 9.47 Å². The highest BCUT2D eigenvalue weighted by atomic mass is 16.7. The van der Waals surface area contributed by atoms with Crippen LogP contribution in [0.15, 0.2) is 0 Å². The van der Waals surface area contributed by atoms with Crippen LogP contribution in [0.3, 0.4) is 0 Å². The van der Waals surface area contributed by atoms with E-state index in [9.17, 15) is 15.8 Å². The molecular weight excluding hydrogens is 340 g/mol. The van der Waals surface area contributed by atoms with Crippen molar-refractivity contribution < 1.29 is 9.47 Å². The van der Waals surface area contributed by atoms with Crippen LogP contribution in [0.5, 0.6) is 0 Å². The van der Waals surface area contributed by atoms with Crippen LogP contribution in [0.25, 0.3) is 0 Å². The molecule has 2 bridgehead atoms. The minimum atomic E-state index is -1.72. The third-order valence-corrected chi connectivity index (χ3v) is 7.07. The lowest BCUT2D eigenvalue weighted by molar-refractivity contribution is -0.299. The molecular formula is C21H28N4O2. The van der Waals surface area contributed by atoms with Gasteiger partial charge in [0.15, 0.2) is 10.8 Å². The molecule has 2 heterocycles. The normalized spacial score (nSPS) is 39.4. The molecule has 0 aromatic rings. The van der Waals surface area contributed by atoms with Crippen LogP contribution in [0.4, 0.5) is 0 Å². The van der Waals surface area contributed by atoms with Gasteiger partial charge in [-0.05, 0) is 30.6 Å². The molecule has 2 aliphatic heterocycles. The Morgan fingerprint density at radius 2 is 1.85 bits per heavy atom. The summed E-state index contributed by atoms with van der Waals surface area (Å²) in [5.74, 6) is -1.47. The highest BCUT2D eigenvalue weighted by molar-refractivity contribution is 5.89. The largest absolute Gasteiger partial charge is 0.447 e. The summed E-state index contributed by atoms with van der Waals surface area (Å²) in [7, 11) is 0. The van der Waals surface area contributed by atoms with Crippen LogP contribution in [-0.4, -0.2) is 17.8 Å². The summed E-state index contributed by atoms with van der Waals surface area (Å²) in [6.07, 6.45) is 3.54. The lowest BCUT2D eigenvalue weighted by atomic mass is 9.49. The summed E-state index contributed by atoms with van der Waals surface area (Å²) >= 11 is 0. The van der Waals surface area contributed by atoms with E-state index in [2.05, 4.69) is 39.0 Å². The van der Waals surface area contributed by atoms with Crippen molar-refractivity contribution in [3.63, 3.8) is 0 Å². The van der Waals surface area contributed by atoms with E-state index >= 15 is 0 Å². The average molecular weight is 368 g/mol. The van der Waals surface area contributed by atoms with E-state index in [1.165, 1.54) is 0 Å². The van der Waals surface area contributed by atoms with Gasteiger partial charge in [0.25, 0.3) is 0 Å². The maximum Gasteiger partial charge on any atom is 0.217 e. The summed E-state index contributed by atoms with van der Waals surface area (Å²) in [5.41, 5.74) is -3.27. The number of nitrogens with zero attached hydrogens (tertiary/aromatic N) is 3. The molecule has 0 radical (unpaired) electrons. The predicted molar refractivity (Wildman–Crippen MR) is 97.9 cm³/mol. The Balaban J connectivity index is 2.17. The summed E-state index contributed by atoms with van der Waals surface area (Å²) in [5, 5.41) is 39.0. The Morgan fingerprint density at radius 1 is 1.19 bits per heavy atom. The molecule has 3 aliphatic rings. The van der Waals surface area contributed by atoms with Crippen LogP contribution in [0.1, 0.15) is 66.2 Å². The van der Waals surface area contributed by atoms with Gasteiger partial charge < -0.3 is 9.47 Å². The van der Waals surface area contributed by atoms with Crippen molar-refractivity contribution in [3.8, 4) is 18.2 Å². The number of rotatable bonds is 3. The molecule has 1 N–H and O–H groups in total. The summed E-state index contributed by atoms with van der Waals surface area (Å²) < 4.78 is 12.3. The number of hydrogen-bond donors (Lipinski definition) is 1. The molecule has 0 aromatic heterocycles. The van der Waals surface area contributed by atoms with E-state index in [4.69, 9.17) is 14.9 Å². The molecule has 3 rings (SSSR count). The molecule has 6 nitrogen and oxygen atoms in total. The van der Waals surface area contributed by atoms with Crippen molar-refractivity contribution in [1.82, 2.24) is 0 Å². The first-order chi connectivity index (χ1) is 12.7. The molecule has 2 saturated heterocycles. The maximum atomic E-state index is 10.3. The monoisotopic (exact) mass is 368 g/mol. The Labute approximate surface area is 161 Å². The highest BCUT2D eigenvalue weighted by Crippen LogP contribution is 2.68. The Bertz CT molecular complexity index is 751. The third-order valence-electron chi connectivity index (χ3n) is 7.07. The molecule has 1 saturated carbocycles. The number of unbranched alkanes of at least 4 members (excludes halogenated alkanes) is 1. The Kier molecular flexibility index (Phi) is 4.53. The molecule has 1 aliphatic carbocycles. The lowest BCUT2D eigenvalue weighted by Crippen LogP contribution is -2.64. The fraction of sp³-hybridized carbons (Fsp3) is 0.810. The molecule has 5 atom stereocenters. The molecule has 0 aromatic carbocycles. The van der Waals surface area contributed by atoms with Crippen LogP contribution < -0.4 is 0 Å². The number of nitriles is 3. The Morgan fingerprint density at radius 3 is 2.37 bits per heavy atom. The predicted octanol–water partition coefficient (Wildman–Crippen LogP) is 4.29. The van der Waals surface area contributed by atoms with Gasteiger partial charge >= 0.3 is 0 Å². The van der Waals surface area contributed by atoms with E-state index in [0.717, 1.165) is 19.3 Å². The number of nitrogens with one attached hydrogen (secondary N) is 1. The maximum absolute atomic E-state index is 10.3. The quantitative estimate of drug-likeness (QED) is 0.798. The minimum absolute atomic E-state index is 0.0287. The third kappa shape index (κ3) is 2.35. The fourth-order valence-corrected chi connectivity index (χ4v) is 5.39. The minimum Gasteiger partial charge on any atom is -0.447 e. The average Bonchev–Trinajstić information content (AvgIpc) is 2.83. The summed E-state index contributed by atoms with van der Waals surface area (Å²) in [6, 6.07) is 6.51. The number of hydrogen-bond acceptors (Lipinski definition) is 6. The van der Waals surface area contributed by atoms with Gasteiger partial charge in [-0.3, -0.25) is 5.41 Å². The zero-order valence-corrected chi connectivity index (χ0v) is 16.6. The molecule has 3 fully saturated rings. The standard InChI is InChI=1S/C21H28N4O2/c1-5-6-7-16-19(11-22,12-23)20(13-24)15-10-14(18(2,3)4)8-9-21(15,26-16)27-17(20)25/h14-16,25H,5-10H2,1-4H3. The lowest BCUT2D eigenvalue weighted by Gasteiger charge is -2.54. The van der Waals surface area contributed by atoms with Crippen LogP contribution in [0.2, 0.25) is 0 Å². The zero-order valence-electron chi connectivity index (χ0n) is 16.6. The van der Waals surface area contributed by atoms with E-state index in [1.54, 1.807) is 0 Å². The van der Waals surface area contributed by atoms with Crippen molar-refractivity contribution in [2.45, 2.75) is 78.1 Å².